The van der Waals surface area contributed by atoms with E-state index in [1.54, 1.807) is 39.0 Å². The standard InChI is InChI=1S/C14H20ClNO3/c1-9(16-13(18)19-14(2,3)4)12-6-5-11(15)7-10(12)8-17/h5-7,9,17H,8H2,1-4H3,(H,16,18). The molecule has 5 heteroatoms. The minimum absolute atomic E-state index is 0.129. The average molecular weight is 286 g/mol. The second-order valence-corrected chi connectivity index (χ2v) is 5.81. The first-order valence-corrected chi connectivity index (χ1v) is 6.49. The molecule has 1 amide bonds. The van der Waals surface area contributed by atoms with Gasteiger partial charge in [0.2, 0.25) is 0 Å². The van der Waals surface area contributed by atoms with Crippen molar-refractivity contribution in [2.45, 2.75) is 45.9 Å². The zero-order valence-corrected chi connectivity index (χ0v) is 12.4. The van der Waals surface area contributed by atoms with Gasteiger partial charge in [0, 0.05) is 5.02 Å². The Morgan fingerprint density at radius 3 is 2.63 bits per heavy atom. The van der Waals surface area contributed by atoms with Crippen molar-refractivity contribution < 1.29 is 14.6 Å². The third kappa shape index (κ3) is 5.09. The molecule has 19 heavy (non-hydrogen) atoms. The molecule has 0 saturated carbocycles. The third-order valence-electron chi connectivity index (χ3n) is 2.48. The molecular weight excluding hydrogens is 266 g/mol. The van der Waals surface area contributed by atoms with E-state index < -0.39 is 11.7 Å². The molecule has 0 heterocycles. The van der Waals surface area contributed by atoms with Crippen LogP contribution in [0.15, 0.2) is 18.2 Å². The molecule has 1 unspecified atom stereocenters. The molecule has 0 radical (unpaired) electrons. The maximum atomic E-state index is 11.7. The smallest absolute Gasteiger partial charge is 0.408 e. The van der Waals surface area contributed by atoms with Crippen molar-refractivity contribution in [3.05, 3.63) is 34.3 Å². The molecule has 0 aliphatic carbocycles. The Kier molecular flexibility index (Phi) is 5.20. The van der Waals surface area contributed by atoms with Crippen molar-refractivity contribution >= 4 is 17.7 Å². The number of amides is 1. The molecule has 0 aromatic heterocycles. The first-order valence-electron chi connectivity index (χ1n) is 6.11. The normalized spacial score (nSPS) is 12.9. The Hall–Kier alpha value is -1.26. The summed E-state index contributed by atoms with van der Waals surface area (Å²) in [4.78, 5) is 11.7. The van der Waals surface area contributed by atoms with Gasteiger partial charge in [-0.3, -0.25) is 0 Å². The number of benzene rings is 1. The predicted molar refractivity (Wildman–Crippen MR) is 75.2 cm³/mol. The highest BCUT2D eigenvalue weighted by Crippen LogP contribution is 2.22. The van der Waals surface area contributed by atoms with Crippen LogP contribution in [0, 0.1) is 0 Å². The van der Waals surface area contributed by atoms with E-state index in [9.17, 15) is 9.90 Å². The van der Waals surface area contributed by atoms with Crippen LogP contribution in [-0.4, -0.2) is 16.8 Å². The van der Waals surface area contributed by atoms with Crippen LogP contribution in [0.2, 0.25) is 5.02 Å². The summed E-state index contributed by atoms with van der Waals surface area (Å²) in [6.45, 7) is 7.11. The van der Waals surface area contributed by atoms with Crippen LogP contribution in [0.3, 0.4) is 0 Å². The van der Waals surface area contributed by atoms with Gasteiger partial charge in [-0.2, -0.15) is 0 Å². The van der Waals surface area contributed by atoms with Crippen molar-refractivity contribution in [2.75, 3.05) is 0 Å². The number of aliphatic hydroxyl groups excluding tert-OH is 1. The second kappa shape index (κ2) is 6.26. The number of hydrogen-bond acceptors (Lipinski definition) is 3. The molecule has 1 atom stereocenters. The number of rotatable bonds is 3. The summed E-state index contributed by atoms with van der Waals surface area (Å²) >= 11 is 5.87. The van der Waals surface area contributed by atoms with Crippen LogP contribution in [-0.2, 0) is 11.3 Å². The molecule has 1 aromatic rings. The Morgan fingerprint density at radius 1 is 1.47 bits per heavy atom. The Balaban J connectivity index is 2.78. The van der Waals surface area contributed by atoms with E-state index in [-0.39, 0.29) is 12.6 Å². The lowest BCUT2D eigenvalue weighted by molar-refractivity contribution is 0.0507. The van der Waals surface area contributed by atoms with Crippen LogP contribution in [0.4, 0.5) is 4.79 Å². The Bertz CT molecular complexity index is 454. The van der Waals surface area contributed by atoms with E-state index in [1.807, 2.05) is 6.92 Å². The monoisotopic (exact) mass is 285 g/mol. The van der Waals surface area contributed by atoms with E-state index in [0.29, 0.717) is 10.6 Å². The quantitative estimate of drug-likeness (QED) is 0.895. The van der Waals surface area contributed by atoms with Gasteiger partial charge in [0.25, 0.3) is 0 Å². The first kappa shape index (κ1) is 15.8. The summed E-state index contributed by atoms with van der Waals surface area (Å²) in [6.07, 6.45) is -0.487. The summed E-state index contributed by atoms with van der Waals surface area (Å²) < 4.78 is 5.19. The number of nitrogens with one attached hydrogen (secondary N) is 1. The van der Waals surface area contributed by atoms with Gasteiger partial charge in [-0.1, -0.05) is 17.7 Å². The maximum absolute atomic E-state index is 11.7. The molecule has 4 nitrogen and oxygen atoms in total. The van der Waals surface area contributed by atoms with Crippen molar-refractivity contribution in [3.63, 3.8) is 0 Å². The molecule has 106 valence electrons. The van der Waals surface area contributed by atoms with Gasteiger partial charge in [-0.15, -0.1) is 0 Å². The SMILES string of the molecule is CC(NC(=O)OC(C)(C)C)c1ccc(Cl)cc1CO. The van der Waals surface area contributed by atoms with Gasteiger partial charge >= 0.3 is 6.09 Å². The van der Waals surface area contributed by atoms with Crippen LogP contribution >= 0.6 is 11.6 Å². The predicted octanol–water partition coefficient (Wildman–Crippen LogP) is 3.42. The fraction of sp³-hybridized carbons (Fsp3) is 0.500. The zero-order chi connectivity index (χ0) is 14.6. The van der Waals surface area contributed by atoms with E-state index in [1.165, 1.54) is 0 Å². The van der Waals surface area contributed by atoms with Gasteiger partial charge in [0.15, 0.2) is 0 Å². The van der Waals surface area contributed by atoms with Crippen LogP contribution < -0.4 is 5.32 Å². The van der Waals surface area contributed by atoms with Gasteiger partial charge in [-0.05, 0) is 51.0 Å². The molecular formula is C14H20ClNO3. The highest BCUT2D eigenvalue weighted by atomic mass is 35.5. The highest BCUT2D eigenvalue weighted by molar-refractivity contribution is 6.30. The number of aliphatic hydroxyl groups is 1. The number of ether oxygens (including phenoxy) is 1. The molecule has 1 rings (SSSR count). The summed E-state index contributed by atoms with van der Waals surface area (Å²) in [5.41, 5.74) is 0.970. The van der Waals surface area contributed by atoms with Gasteiger partial charge in [-0.25, -0.2) is 4.79 Å². The molecule has 2 N–H and O–H groups in total. The molecule has 0 aliphatic heterocycles. The lowest BCUT2D eigenvalue weighted by atomic mass is 10.0. The van der Waals surface area contributed by atoms with Crippen LogP contribution in [0.25, 0.3) is 0 Å². The Morgan fingerprint density at radius 2 is 2.11 bits per heavy atom. The minimum atomic E-state index is -0.538. The summed E-state index contributed by atoms with van der Waals surface area (Å²) in [5, 5.41) is 12.6. The summed E-state index contributed by atoms with van der Waals surface area (Å²) in [7, 11) is 0. The van der Waals surface area contributed by atoms with Crippen molar-refractivity contribution in [1.82, 2.24) is 5.32 Å². The van der Waals surface area contributed by atoms with E-state index in [0.717, 1.165) is 5.56 Å². The average Bonchev–Trinajstić information content (AvgIpc) is 2.25. The van der Waals surface area contributed by atoms with Crippen molar-refractivity contribution in [2.24, 2.45) is 0 Å². The van der Waals surface area contributed by atoms with Gasteiger partial charge in [0.1, 0.15) is 5.60 Å². The third-order valence-corrected chi connectivity index (χ3v) is 2.71. The van der Waals surface area contributed by atoms with Crippen LogP contribution in [0.5, 0.6) is 0 Å². The molecule has 1 aromatic carbocycles. The molecule has 0 spiro atoms. The van der Waals surface area contributed by atoms with E-state index >= 15 is 0 Å². The molecule has 0 bridgehead atoms. The highest BCUT2D eigenvalue weighted by Gasteiger charge is 2.19. The van der Waals surface area contributed by atoms with Crippen molar-refractivity contribution in [1.29, 1.82) is 0 Å². The Labute approximate surface area is 118 Å². The molecule has 0 fully saturated rings. The van der Waals surface area contributed by atoms with E-state index in [2.05, 4.69) is 5.32 Å². The molecule has 0 saturated heterocycles. The fourth-order valence-electron chi connectivity index (χ4n) is 1.70. The fourth-order valence-corrected chi connectivity index (χ4v) is 1.89. The number of hydrogen-bond donors (Lipinski definition) is 2. The second-order valence-electron chi connectivity index (χ2n) is 5.37. The number of alkyl carbamates (subject to hydrolysis) is 1. The lowest BCUT2D eigenvalue weighted by Gasteiger charge is -2.23. The summed E-state index contributed by atoms with van der Waals surface area (Å²) in [5.74, 6) is 0. The number of carbonyl (C=O) groups excluding carboxylic acids is 1. The summed E-state index contributed by atoms with van der Waals surface area (Å²) in [6, 6.07) is 4.93. The first-order chi connectivity index (χ1) is 8.73. The topological polar surface area (TPSA) is 58.6 Å². The van der Waals surface area contributed by atoms with Crippen molar-refractivity contribution in [3.8, 4) is 0 Å². The lowest BCUT2D eigenvalue weighted by Crippen LogP contribution is -2.34. The zero-order valence-electron chi connectivity index (χ0n) is 11.7. The number of carbonyl (C=O) groups is 1. The van der Waals surface area contributed by atoms with Gasteiger partial charge < -0.3 is 15.2 Å². The maximum Gasteiger partial charge on any atom is 0.408 e. The molecule has 0 aliphatic rings. The number of halogens is 1. The largest absolute Gasteiger partial charge is 0.444 e. The minimum Gasteiger partial charge on any atom is -0.444 e. The van der Waals surface area contributed by atoms with Gasteiger partial charge in [0.05, 0.1) is 12.6 Å². The van der Waals surface area contributed by atoms with E-state index in [4.69, 9.17) is 16.3 Å². The van der Waals surface area contributed by atoms with Crippen LogP contribution in [0.1, 0.15) is 44.9 Å².